The number of piperidine rings is 1. The summed E-state index contributed by atoms with van der Waals surface area (Å²) in [4.78, 5) is 43.2. The first-order valence-electron chi connectivity index (χ1n) is 9.95. The molecule has 2 unspecified atom stereocenters. The highest BCUT2D eigenvalue weighted by molar-refractivity contribution is 8.00. The molecule has 0 bridgehead atoms. The summed E-state index contributed by atoms with van der Waals surface area (Å²) in [6.07, 6.45) is 1.15. The maximum Gasteiger partial charge on any atom is 0.325 e. The summed E-state index contributed by atoms with van der Waals surface area (Å²) >= 11 is 2.64. The van der Waals surface area contributed by atoms with Crippen LogP contribution in [0, 0.1) is 11.8 Å². The summed E-state index contributed by atoms with van der Waals surface area (Å²) in [5.74, 6) is 0.770. The third-order valence-electron chi connectivity index (χ3n) is 5.00. The predicted octanol–water partition coefficient (Wildman–Crippen LogP) is 2.54. The standard InChI is InChI=1S/C21H27N3O4S2/c1-14-8-15(2)10-23(9-14)19(26)13-29-12-18(25)22-21-24(11-20(27)28-3)16-6-4-5-7-17(16)30-21/h4-7,14-15H,8-13H2,1-3H3. The molecule has 30 heavy (non-hydrogen) atoms. The number of esters is 1. The Balaban J connectivity index is 1.65. The Hall–Kier alpha value is -2.13. The quantitative estimate of drug-likeness (QED) is 0.633. The molecule has 2 heterocycles. The number of aromatic nitrogens is 1. The fourth-order valence-corrected chi connectivity index (χ4v) is 5.52. The third kappa shape index (κ3) is 5.72. The number of nitrogens with zero attached hydrogens (tertiary/aromatic N) is 3. The van der Waals surface area contributed by atoms with E-state index >= 15 is 0 Å². The van der Waals surface area contributed by atoms with Crippen molar-refractivity contribution in [1.29, 1.82) is 0 Å². The van der Waals surface area contributed by atoms with Gasteiger partial charge in [-0.3, -0.25) is 14.4 Å². The first-order chi connectivity index (χ1) is 14.4. The zero-order valence-corrected chi connectivity index (χ0v) is 19.1. The van der Waals surface area contributed by atoms with Crippen molar-refractivity contribution in [1.82, 2.24) is 9.47 Å². The van der Waals surface area contributed by atoms with Crippen LogP contribution in [0.5, 0.6) is 0 Å². The van der Waals surface area contributed by atoms with Crippen molar-refractivity contribution in [3.8, 4) is 0 Å². The number of carbonyl (C=O) groups excluding carboxylic acids is 3. The van der Waals surface area contributed by atoms with Gasteiger partial charge in [-0.05, 0) is 30.4 Å². The van der Waals surface area contributed by atoms with Gasteiger partial charge in [0, 0.05) is 13.1 Å². The smallest absolute Gasteiger partial charge is 0.325 e. The Kier molecular flexibility index (Phi) is 7.71. The summed E-state index contributed by atoms with van der Waals surface area (Å²) in [6, 6.07) is 7.58. The fraction of sp³-hybridized carbons (Fsp3) is 0.524. The van der Waals surface area contributed by atoms with Crippen molar-refractivity contribution in [3.63, 3.8) is 0 Å². The Morgan fingerprint density at radius 1 is 1.17 bits per heavy atom. The Bertz CT molecular complexity index is 988. The van der Waals surface area contributed by atoms with Gasteiger partial charge in [0.1, 0.15) is 6.54 Å². The Labute approximate surface area is 184 Å². The van der Waals surface area contributed by atoms with Gasteiger partial charge in [-0.15, -0.1) is 11.8 Å². The highest BCUT2D eigenvalue weighted by Gasteiger charge is 2.25. The van der Waals surface area contributed by atoms with E-state index in [1.54, 1.807) is 4.57 Å². The van der Waals surface area contributed by atoms with Crippen molar-refractivity contribution in [3.05, 3.63) is 29.1 Å². The van der Waals surface area contributed by atoms with E-state index in [0.717, 1.165) is 29.7 Å². The van der Waals surface area contributed by atoms with Crippen molar-refractivity contribution in [2.75, 3.05) is 31.7 Å². The van der Waals surface area contributed by atoms with E-state index < -0.39 is 5.97 Å². The summed E-state index contributed by atoms with van der Waals surface area (Å²) in [6.45, 7) is 5.90. The molecule has 9 heteroatoms. The number of thioether (sulfide) groups is 1. The Morgan fingerprint density at radius 2 is 1.87 bits per heavy atom. The van der Waals surface area contributed by atoms with Gasteiger partial charge in [0.05, 0.1) is 28.8 Å². The average molecular weight is 450 g/mol. The normalized spacial score (nSPS) is 19.8. The zero-order chi connectivity index (χ0) is 21.7. The number of hydrogen-bond acceptors (Lipinski definition) is 6. The van der Waals surface area contributed by atoms with Gasteiger partial charge in [-0.1, -0.05) is 37.3 Å². The maximum absolute atomic E-state index is 12.5. The highest BCUT2D eigenvalue weighted by atomic mass is 32.2. The molecule has 0 N–H and O–H groups in total. The summed E-state index contributed by atoms with van der Waals surface area (Å²) < 4.78 is 7.39. The molecule has 0 aliphatic carbocycles. The van der Waals surface area contributed by atoms with E-state index in [1.807, 2.05) is 29.2 Å². The van der Waals surface area contributed by atoms with E-state index in [1.165, 1.54) is 30.2 Å². The number of methoxy groups -OCH3 is 1. The molecule has 2 amide bonds. The molecule has 2 aromatic rings. The molecular formula is C21H27N3O4S2. The molecule has 0 saturated carbocycles. The minimum absolute atomic E-state index is 0.0103. The summed E-state index contributed by atoms with van der Waals surface area (Å²) in [5, 5.41) is 0. The van der Waals surface area contributed by atoms with Crippen molar-refractivity contribution < 1.29 is 19.1 Å². The molecule has 162 valence electrons. The first kappa shape index (κ1) is 22.6. The van der Waals surface area contributed by atoms with E-state index in [4.69, 9.17) is 4.74 Å². The van der Waals surface area contributed by atoms with Gasteiger partial charge in [-0.2, -0.15) is 4.99 Å². The van der Waals surface area contributed by atoms with E-state index in [2.05, 4.69) is 18.8 Å². The number of ether oxygens (including phenoxy) is 1. The van der Waals surface area contributed by atoms with Crippen LogP contribution in [-0.4, -0.2) is 59.0 Å². The van der Waals surface area contributed by atoms with Gasteiger partial charge in [-0.25, -0.2) is 0 Å². The van der Waals surface area contributed by atoms with Gasteiger partial charge < -0.3 is 14.2 Å². The van der Waals surface area contributed by atoms with E-state index in [-0.39, 0.29) is 29.9 Å². The SMILES string of the molecule is COC(=O)Cn1c(=NC(=O)CSCC(=O)N2CC(C)CC(C)C2)sc2ccccc21. The lowest BCUT2D eigenvalue weighted by atomic mass is 9.92. The van der Waals surface area contributed by atoms with Crippen molar-refractivity contribution in [2.45, 2.75) is 26.8 Å². The molecule has 1 aromatic carbocycles. The van der Waals surface area contributed by atoms with Crippen LogP contribution in [0.2, 0.25) is 0 Å². The molecule has 1 aliphatic heterocycles. The number of carbonyl (C=O) groups is 3. The summed E-state index contributed by atoms with van der Waals surface area (Å²) in [7, 11) is 1.33. The highest BCUT2D eigenvalue weighted by Crippen LogP contribution is 2.21. The fourth-order valence-electron chi connectivity index (χ4n) is 3.78. The molecular weight excluding hydrogens is 422 g/mol. The second-order valence-corrected chi connectivity index (χ2v) is 9.75. The van der Waals surface area contributed by atoms with Crippen LogP contribution in [0.3, 0.4) is 0 Å². The second-order valence-electron chi connectivity index (χ2n) is 7.76. The van der Waals surface area contributed by atoms with Crippen molar-refractivity contribution in [2.24, 2.45) is 16.8 Å². The number of likely N-dealkylation sites (tertiary alicyclic amines) is 1. The van der Waals surface area contributed by atoms with Crippen LogP contribution < -0.4 is 4.80 Å². The second kappa shape index (κ2) is 10.3. The average Bonchev–Trinajstić information content (AvgIpc) is 3.04. The number of thiazole rings is 1. The van der Waals surface area contributed by atoms with Crippen LogP contribution in [0.15, 0.2) is 29.3 Å². The number of rotatable bonds is 6. The molecule has 2 atom stereocenters. The number of para-hydroxylation sites is 1. The van der Waals surface area contributed by atoms with E-state index in [0.29, 0.717) is 16.6 Å². The largest absolute Gasteiger partial charge is 0.468 e. The third-order valence-corrected chi connectivity index (χ3v) is 6.96. The molecule has 3 rings (SSSR count). The van der Waals surface area contributed by atoms with Crippen molar-refractivity contribution >= 4 is 51.1 Å². The minimum atomic E-state index is -0.405. The van der Waals surface area contributed by atoms with Crippen LogP contribution in [0.4, 0.5) is 0 Å². The molecule has 1 aromatic heterocycles. The van der Waals surface area contributed by atoms with E-state index in [9.17, 15) is 14.4 Å². The summed E-state index contributed by atoms with van der Waals surface area (Å²) in [5.41, 5.74) is 0.829. The lowest BCUT2D eigenvalue weighted by Crippen LogP contribution is -2.43. The van der Waals surface area contributed by atoms with Crippen LogP contribution in [0.1, 0.15) is 20.3 Å². The van der Waals surface area contributed by atoms with Gasteiger partial charge >= 0.3 is 5.97 Å². The lowest BCUT2D eigenvalue weighted by molar-refractivity contribution is -0.141. The van der Waals surface area contributed by atoms with Crippen LogP contribution >= 0.6 is 23.1 Å². The monoisotopic (exact) mass is 449 g/mol. The topological polar surface area (TPSA) is 81.0 Å². The molecule has 1 aliphatic rings. The number of hydrogen-bond donors (Lipinski definition) is 0. The molecule has 7 nitrogen and oxygen atoms in total. The van der Waals surface area contributed by atoms with Gasteiger partial charge in [0.2, 0.25) is 5.91 Å². The molecule has 1 saturated heterocycles. The Morgan fingerprint density at radius 3 is 2.57 bits per heavy atom. The van der Waals surface area contributed by atoms with Gasteiger partial charge in [0.15, 0.2) is 4.80 Å². The number of benzene rings is 1. The van der Waals surface area contributed by atoms with Crippen LogP contribution in [0.25, 0.3) is 10.2 Å². The molecule has 0 spiro atoms. The maximum atomic E-state index is 12.5. The first-order valence-corrected chi connectivity index (χ1v) is 11.9. The number of fused-ring (bicyclic) bond motifs is 1. The number of amides is 2. The zero-order valence-electron chi connectivity index (χ0n) is 17.5. The molecule has 1 fully saturated rings. The molecule has 0 radical (unpaired) electrons. The van der Waals surface area contributed by atoms with Gasteiger partial charge in [0.25, 0.3) is 5.91 Å². The van der Waals surface area contributed by atoms with Crippen LogP contribution in [-0.2, 0) is 25.7 Å². The minimum Gasteiger partial charge on any atom is -0.468 e. The lowest BCUT2D eigenvalue weighted by Gasteiger charge is -2.35. The predicted molar refractivity (Wildman–Crippen MR) is 119 cm³/mol.